The molecule has 0 aliphatic carbocycles. The van der Waals surface area contributed by atoms with E-state index in [1.54, 1.807) is 31.2 Å². The molecule has 118 valence electrons. The fraction of sp³-hybridized carbons (Fsp3) is 0.462. The summed E-state index contributed by atoms with van der Waals surface area (Å²) in [6, 6.07) is 6.68. The Hall–Kier alpha value is -1.80. The van der Waals surface area contributed by atoms with E-state index >= 15 is 0 Å². The molecule has 1 rings (SSSR count). The molecule has 0 fully saturated rings. The molecule has 0 bridgehead atoms. The molecule has 1 amide bonds. The number of nitrogens with one attached hydrogen (secondary N) is 1. The van der Waals surface area contributed by atoms with Crippen molar-refractivity contribution in [2.24, 2.45) is 0 Å². The number of amides is 1. The molecule has 3 N–H and O–H groups in total. The third-order valence-electron chi connectivity index (χ3n) is 2.71. The Morgan fingerprint density at radius 1 is 1.33 bits per heavy atom. The zero-order chi connectivity index (χ0) is 15.9. The summed E-state index contributed by atoms with van der Waals surface area (Å²) in [6.07, 6.45) is 0. The van der Waals surface area contributed by atoms with Crippen molar-refractivity contribution in [3.63, 3.8) is 0 Å². The Kier molecular flexibility index (Phi) is 6.44. The van der Waals surface area contributed by atoms with Crippen LogP contribution in [0.15, 0.2) is 24.3 Å². The van der Waals surface area contributed by atoms with Gasteiger partial charge in [-0.1, -0.05) is 0 Å². The summed E-state index contributed by atoms with van der Waals surface area (Å²) in [6.45, 7) is 2.05. The van der Waals surface area contributed by atoms with Gasteiger partial charge >= 0.3 is 0 Å². The number of nitrogens with zero attached hydrogens (tertiary/aromatic N) is 1. The van der Waals surface area contributed by atoms with Crippen LogP contribution in [-0.2, 0) is 14.8 Å². The number of carbonyl (C=O) groups excluding carboxylic acids is 1. The quantitative estimate of drug-likeness (QED) is 0.660. The normalized spacial score (nSPS) is 11.4. The smallest absolute Gasteiger partial charge is 0.235 e. The predicted octanol–water partition coefficient (Wildman–Crippen LogP) is 0.0453. The molecule has 0 aromatic heterocycles. The maximum atomic E-state index is 12.0. The number of hydrogen-bond acceptors (Lipinski definition) is 5. The Morgan fingerprint density at radius 3 is 2.52 bits per heavy atom. The van der Waals surface area contributed by atoms with Crippen LogP contribution in [0.4, 0.5) is 5.69 Å². The van der Waals surface area contributed by atoms with Crippen molar-refractivity contribution in [2.75, 3.05) is 38.2 Å². The second-order valence-corrected chi connectivity index (χ2v) is 6.64. The highest BCUT2D eigenvalue weighted by atomic mass is 32.2. The van der Waals surface area contributed by atoms with Gasteiger partial charge < -0.3 is 15.8 Å². The molecule has 0 heterocycles. The highest BCUT2D eigenvalue weighted by Crippen LogP contribution is 2.13. The molecule has 0 aliphatic heterocycles. The van der Waals surface area contributed by atoms with Gasteiger partial charge in [0.15, 0.2) is 0 Å². The number of likely N-dealkylation sites (N-methyl/N-ethyl adjacent to an activating group) is 2. The Morgan fingerprint density at radius 2 is 1.95 bits per heavy atom. The molecule has 7 nitrogen and oxygen atoms in total. The number of hydrogen-bond donors (Lipinski definition) is 2. The Bertz CT molecular complexity index is 557. The van der Waals surface area contributed by atoms with E-state index in [1.807, 2.05) is 0 Å². The van der Waals surface area contributed by atoms with Crippen LogP contribution in [0.25, 0.3) is 0 Å². The van der Waals surface area contributed by atoms with Crippen molar-refractivity contribution in [2.45, 2.75) is 6.92 Å². The predicted molar refractivity (Wildman–Crippen MR) is 81.4 cm³/mol. The number of benzene rings is 1. The maximum Gasteiger partial charge on any atom is 0.235 e. The maximum absolute atomic E-state index is 12.0. The van der Waals surface area contributed by atoms with Crippen LogP contribution < -0.4 is 15.8 Å². The highest BCUT2D eigenvalue weighted by Gasteiger charge is 2.20. The van der Waals surface area contributed by atoms with Gasteiger partial charge in [0, 0.05) is 19.3 Å². The zero-order valence-electron chi connectivity index (χ0n) is 12.2. The molecule has 0 spiro atoms. The van der Waals surface area contributed by atoms with Gasteiger partial charge in [-0.15, -0.1) is 0 Å². The van der Waals surface area contributed by atoms with E-state index in [1.165, 1.54) is 7.05 Å². The molecule has 0 unspecified atom stereocenters. The van der Waals surface area contributed by atoms with Crippen LogP contribution in [0, 0.1) is 0 Å². The number of nitrogens with two attached hydrogens (primary N) is 1. The van der Waals surface area contributed by atoms with Crippen LogP contribution in [-0.4, -0.2) is 51.1 Å². The molecular weight excluding hydrogens is 294 g/mol. The van der Waals surface area contributed by atoms with Crippen LogP contribution in [0.5, 0.6) is 5.75 Å². The monoisotopic (exact) mass is 315 g/mol. The molecule has 1 aromatic carbocycles. The van der Waals surface area contributed by atoms with E-state index in [9.17, 15) is 13.2 Å². The first-order valence-corrected chi connectivity index (χ1v) is 8.15. The number of anilines is 1. The third-order valence-corrected chi connectivity index (χ3v) is 4.47. The van der Waals surface area contributed by atoms with Gasteiger partial charge in [-0.3, -0.25) is 4.79 Å². The summed E-state index contributed by atoms with van der Waals surface area (Å²) in [5, 5.41) is 2.55. The molecule has 0 aliphatic rings. The summed E-state index contributed by atoms with van der Waals surface area (Å²) in [5.74, 6) is 0.0154. The van der Waals surface area contributed by atoms with E-state index in [4.69, 9.17) is 10.5 Å². The fourth-order valence-electron chi connectivity index (χ4n) is 1.54. The number of sulfonamides is 1. The minimum atomic E-state index is -3.53. The second kappa shape index (κ2) is 7.84. The lowest BCUT2D eigenvalue weighted by Gasteiger charge is -2.16. The van der Waals surface area contributed by atoms with Crippen molar-refractivity contribution in [3.05, 3.63) is 24.3 Å². The lowest BCUT2D eigenvalue weighted by atomic mass is 10.3. The third kappa shape index (κ3) is 6.01. The molecular formula is C13H21N3O4S. The van der Waals surface area contributed by atoms with Crippen molar-refractivity contribution < 1.29 is 17.9 Å². The van der Waals surface area contributed by atoms with Gasteiger partial charge in [0.25, 0.3) is 0 Å². The molecule has 0 atom stereocenters. The molecule has 1 aromatic rings. The summed E-state index contributed by atoms with van der Waals surface area (Å²) in [7, 11) is -2.16. The lowest BCUT2D eigenvalue weighted by molar-refractivity contribution is -0.121. The van der Waals surface area contributed by atoms with Crippen LogP contribution >= 0.6 is 0 Å². The first kappa shape index (κ1) is 17.3. The summed E-state index contributed by atoms with van der Waals surface area (Å²) >= 11 is 0. The molecule has 8 heteroatoms. The zero-order valence-corrected chi connectivity index (χ0v) is 13.0. The number of ether oxygens (including phenoxy) is 1. The average molecular weight is 315 g/mol. The molecule has 21 heavy (non-hydrogen) atoms. The van der Waals surface area contributed by atoms with Gasteiger partial charge in [0.05, 0.1) is 12.3 Å². The van der Waals surface area contributed by atoms with Crippen molar-refractivity contribution in [1.29, 1.82) is 0 Å². The minimum absolute atomic E-state index is 0.00594. The lowest BCUT2D eigenvalue weighted by Crippen LogP contribution is -2.40. The number of rotatable bonds is 8. The molecule has 0 saturated heterocycles. The van der Waals surface area contributed by atoms with Gasteiger partial charge in [0.1, 0.15) is 12.4 Å². The minimum Gasteiger partial charge on any atom is -0.492 e. The van der Waals surface area contributed by atoms with Crippen molar-refractivity contribution in [3.8, 4) is 5.75 Å². The van der Waals surface area contributed by atoms with E-state index in [2.05, 4.69) is 5.32 Å². The molecule has 0 radical (unpaired) electrons. The van der Waals surface area contributed by atoms with E-state index < -0.39 is 10.0 Å². The summed E-state index contributed by atoms with van der Waals surface area (Å²) < 4.78 is 30.3. The van der Waals surface area contributed by atoms with Crippen molar-refractivity contribution in [1.82, 2.24) is 9.62 Å². The first-order chi connectivity index (χ1) is 9.85. The van der Waals surface area contributed by atoms with Crippen LogP contribution in [0.2, 0.25) is 0 Å². The van der Waals surface area contributed by atoms with E-state index in [0.717, 1.165) is 4.31 Å². The van der Waals surface area contributed by atoms with Gasteiger partial charge in [-0.2, -0.15) is 4.31 Å². The van der Waals surface area contributed by atoms with Crippen molar-refractivity contribution >= 4 is 21.6 Å². The SMILES string of the molecule is CCNC(=O)CN(C)S(=O)(=O)CCOc1ccc(N)cc1. The highest BCUT2D eigenvalue weighted by molar-refractivity contribution is 7.89. The van der Waals surface area contributed by atoms with Gasteiger partial charge in [-0.25, -0.2) is 8.42 Å². The van der Waals surface area contributed by atoms with Crippen LogP contribution in [0.1, 0.15) is 6.92 Å². The summed E-state index contributed by atoms with van der Waals surface area (Å²) in [5.41, 5.74) is 6.15. The Labute approximate surface area is 125 Å². The van der Waals surface area contributed by atoms with Gasteiger partial charge in [0.2, 0.25) is 15.9 Å². The first-order valence-electron chi connectivity index (χ1n) is 6.54. The number of carbonyl (C=O) groups is 1. The topological polar surface area (TPSA) is 102 Å². The average Bonchev–Trinajstić information content (AvgIpc) is 2.41. The van der Waals surface area contributed by atoms with E-state index in [-0.39, 0.29) is 24.8 Å². The van der Waals surface area contributed by atoms with Gasteiger partial charge in [-0.05, 0) is 31.2 Å². The number of nitrogen functional groups attached to an aromatic ring is 1. The fourth-order valence-corrected chi connectivity index (χ4v) is 2.46. The second-order valence-electron chi connectivity index (χ2n) is 4.44. The van der Waals surface area contributed by atoms with E-state index in [0.29, 0.717) is 18.0 Å². The standard InChI is InChI=1S/C13H21N3O4S/c1-3-15-13(17)10-16(2)21(18,19)9-8-20-12-6-4-11(14)5-7-12/h4-7H,3,8-10,14H2,1-2H3,(H,15,17). The summed E-state index contributed by atoms with van der Waals surface area (Å²) in [4.78, 5) is 11.4. The van der Waals surface area contributed by atoms with Crippen LogP contribution in [0.3, 0.4) is 0 Å². The molecule has 0 saturated carbocycles. The Balaban J connectivity index is 2.45. The largest absolute Gasteiger partial charge is 0.492 e.